The molecule has 1 fully saturated rings. The van der Waals surface area contributed by atoms with Crippen molar-refractivity contribution < 1.29 is 35.9 Å². The van der Waals surface area contributed by atoms with Crippen molar-refractivity contribution in [3.8, 4) is 5.75 Å². The van der Waals surface area contributed by atoms with E-state index in [-0.39, 0.29) is 19.6 Å². The third kappa shape index (κ3) is 5.06. The van der Waals surface area contributed by atoms with Gasteiger partial charge in [0.1, 0.15) is 5.52 Å². The molecule has 7 nitrogen and oxygen atoms in total. The molecule has 1 aliphatic rings. The van der Waals surface area contributed by atoms with Gasteiger partial charge in [0, 0.05) is 24.5 Å². The zero-order valence-electron chi connectivity index (χ0n) is 17.1. The van der Waals surface area contributed by atoms with Gasteiger partial charge >= 0.3 is 18.4 Å². The average Bonchev–Trinajstić information content (AvgIpc) is 3.21. The molecule has 0 aliphatic carbocycles. The largest absolute Gasteiger partial charge is 0.420 e. The summed E-state index contributed by atoms with van der Waals surface area (Å²) in [5, 5.41) is 12.6. The number of aromatic nitrogens is 3. The molecule has 181 valence electrons. The van der Waals surface area contributed by atoms with Gasteiger partial charge in [-0.25, -0.2) is 4.79 Å². The van der Waals surface area contributed by atoms with Crippen molar-refractivity contribution in [2.75, 3.05) is 19.6 Å². The third-order valence-electron chi connectivity index (χ3n) is 4.95. The molecule has 0 bridgehead atoms. The lowest BCUT2D eigenvalue weighted by atomic mass is 10.0. The number of rotatable bonds is 3. The molecule has 1 atom stereocenters. The Morgan fingerprint density at radius 1 is 1.12 bits per heavy atom. The number of amides is 1. The Kier molecular flexibility index (Phi) is 6.38. The molecule has 2 N–H and O–H groups in total. The Morgan fingerprint density at radius 2 is 1.79 bits per heavy atom. The Labute approximate surface area is 192 Å². The number of aromatic amines is 1. The number of piperazine rings is 1. The summed E-state index contributed by atoms with van der Waals surface area (Å²) in [5.74, 6) is -1.59. The number of thioether (sulfide) groups is 1. The number of carbonyl (C=O) groups excluding carboxylic acids is 1. The minimum absolute atomic E-state index is 0.0144. The van der Waals surface area contributed by atoms with Crippen LogP contribution in [0.3, 0.4) is 0 Å². The highest BCUT2D eigenvalue weighted by Gasteiger charge is 2.44. The van der Waals surface area contributed by atoms with E-state index in [2.05, 4.69) is 27.7 Å². The van der Waals surface area contributed by atoms with Crippen LogP contribution in [0.15, 0.2) is 35.2 Å². The monoisotopic (exact) mass is 504 g/mol. The maximum absolute atomic E-state index is 13.5. The number of ether oxygens (including phenoxy) is 1. The molecule has 1 radical (unpaired) electrons. The van der Waals surface area contributed by atoms with E-state index in [0.717, 1.165) is 4.90 Å². The summed E-state index contributed by atoms with van der Waals surface area (Å²) in [6, 6.07) is 5.94. The summed E-state index contributed by atoms with van der Waals surface area (Å²) >= 11 is 1.18. The minimum atomic E-state index is -5.20. The molecule has 0 spiro atoms. The van der Waals surface area contributed by atoms with E-state index in [0.29, 0.717) is 28.1 Å². The van der Waals surface area contributed by atoms with E-state index in [1.165, 1.54) is 11.8 Å². The van der Waals surface area contributed by atoms with Crippen LogP contribution in [0.2, 0.25) is 0 Å². The van der Waals surface area contributed by atoms with Crippen LogP contribution in [0.25, 0.3) is 11.0 Å². The minimum Gasteiger partial charge on any atom is -0.409 e. The van der Waals surface area contributed by atoms with Crippen LogP contribution in [-0.2, 0) is 12.4 Å². The zero-order valence-corrected chi connectivity index (χ0v) is 17.9. The van der Waals surface area contributed by atoms with Gasteiger partial charge in [-0.3, -0.25) is 10.00 Å². The normalized spacial score (nSPS) is 17.3. The second kappa shape index (κ2) is 8.98. The number of benzene rings is 2. The van der Waals surface area contributed by atoms with Gasteiger partial charge in [0.05, 0.1) is 22.0 Å². The smallest absolute Gasteiger partial charge is 0.409 e. The lowest BCUT2D eigenvalue weighted by Gasteiger charge is -2.35. The summed E-state index contributed by atoms with van der Waals surface area (Å²) in [7, 11) is 0. The second-order valence-electron chi connectivity index (χ2n) is 7.34. The number of nitrogens with zero attached hydrogens (tertiary/aromatic N) is 3. The van der Waals surface area contributed by atoms with Gasteiger partial charge in [-0.2, -0.15) is 26.3 Å². The van der Waals surface area contributed by atoms with Crippen molar-refractivity contribution in [2.24, 2.45) is 0 Å². The van der Waals surface area contributed by atoms with Crippen LogP contribution < -0.4 is 10.1 Å². The second-order valence-corrected chi connectivity index (χ2v) is 8.60. The van der Waals surface area contributed by atoms with Gasteiger partial charge in [0.15, 0.2) is 5.75 Å². The van der Waals surface area contributed by atoms with Gasteiger partial charge < -0.3 is 10.1 Å². The predicted molar refractivity (Wildman–Crippen MR) is 110 cm³/mol. The Hall–Kier alpha value is -3.00. The highest BCUT2D eigenvalue weighted by Crippen LogP contribution is 2.45. The molecule has 1 aromatic heterocycles. The molecule has 0 saturated carbocycles. The number of nitrogens with one attached hydrogen (secondary N) is 2. The summed E-state index contributed by atoms with van der Waals surface area (Å²) < 4.78 is 86.0. The van der Waals surface area contributed by atoms with E-state index in [4.69, 9.17) is 4.74 Å². The maximum atomic E-state index is 13.5. The highest BCUT2D eigenvalue weighted by molar-refractivity contribution is 8.00. The van der Waals surface area contributed by atoms with Gasteiger partial charge in [0.2, 0.25) is 0 Å². The number of carbonyl (C=O) groups is 1. The van der Waals surface area contributed by atoms with E-state index in [1.54, 1.807) is 18.2 Å². The predicted octanol–water partition coefficient (Wildman–Crippen LogP) is 4.70. The van der Waals surface area contributed by atoms with Crippen molar-refractivity contribution >= 4 is 28.9 Å². The SMILES string of the molecule is [CH2]c1cc(C(F)(F)F)c(OC(=O)N2CCNCC2Sc2ccc3nn[nH]c3c2)c(C(F)(F)F)c1. The molecular formula is C20H16F6N5O2S. The number of H-pyrrole nitrogens is 1. The number of hydrogen-bond acceptors (Lipinski definition) is 6. The molecule has 4 rings (SSSR count). The number of halogens is 6. The summed E-state index contributed by atoms with van der Waals surface area (Å²) in [6.45, 7) is 3.71. The molecule has 34 heavy (non-hydrogen) atoms. The first kappa shape index (κ1) is 24.1. The molecule has 2 aromatic carbocycles. The van der Waals surface area contributed by atoms with Gasteiger partial charge in [0.25, 0.3) is 0 Å². The first-order chi connectivity index (χ1) is 15.9. The first-order valence-corrected chi connectivity index (χ1v) is 10.6. The fraction of sp³-hybridized carbons (Fsp3) is 0.300. The van der Waals surface area contributed by atoms with Gasteiger partial charge in [-0.1, -0.05) is 17.0 Å². The van der Waals surface area contributed by atoms with Crippen molar-refractivity contribution in [3.63, 3.8) is 0 Å². The zero-order chi connectivity index (χ0) is 24.7. The van der Waals surface area contributed by atoms with Crippen LogP contribution in [-0.4, -0.2) is 51.4 Å². The number of fused-ring (bicyclic) bond motifs is 1. The summed E-state index contributed by atoms with van der Waals surface area (Å²) in [6.07, 6.45) is -11.7. The van der Waals surface area contributed by atoms with E-state index in [1.807, 2.05) is 0 Å². The average molecular weight is 504 g/mol. The Balaban J connectivity index is 1.64. The van der Waals surface area contributed by atoms with Crippen LogP contribution in [0.1, 0.15) is 16.7 Å². The standard InChI is InChI=1S/C20H16F6N5O2S/c1-10-6-12(19(21,22)23)17(13(7-10)20(24,25)26)33-18(32)31-5-4-27-9-16(31)34-11-2-3-14-15(8-11)29-30-28-14/h2-3,6-8,16,27H,1,4-5,9H2,(H,28,29,30). The Morgan fingerprint density at radius 3 is 2.44 bits per heavy atom. The first-order valence-electron chi connectivity index (χ1n) is 9.74. The highest BCUT2D eigenvalue weighted by atomic mass is 32.2. The van der Waals surface area contributed by atoms with E-state index in [9.17, 15) is 31.1 Å². The lowest BCUT2D eigenvalue weighted by molar-refractivity contribution is -0.145. The third-order valence-corrected chi connectivity index (χ3v) is 6.17. The molecule has 3 aromatic rings. The maximum Gasteiger partial charge on any atom is 0.420 e. The fourth-order valence-electron chi connectivity index (χ4n) is 3.41. The van der Waals surface area contributed by atoms with Gasteiger partial charge in [-0.15, -0.1) is 5.10 Å². The topological polar surface area (TPSA) is 83.1 Å². The molecule has 1 unspecified atom stereocenters. The van der Waals surface area contributed by atoms with Gasteiger partial charge in [-0.05, 0) is 42.8 Å². The van der Waals surface area contributed by atoms with Crippen LogP contribution in [0.4, 0.5) is 31.1 Å². The molecule has 1 aliphatic heterocycles. The van der Waals surface area contributed by atoms with Crippen molar-refractivity contribution in [1.29, 1.82) is 0 Å². The van der Waals surface area contributed by atoms with E-state index < -0.39 is 46.3 Å². The fourth-order valence-corrected chi connectivity index (χ4v) is 4.58. The van der Waals surface area contributed by atoms with Crippen molar-refractivity contribution in [2.45, 2.75) is 22.6 Å². The molecular weight excluding hydrogens is 488 g/mol. The molecule has 1 saturated heterocycles. The molecule has 1 amide bonds. The van der Waals surface area contributed by atoms with E-state index >= 15 is 0 Å². The van der Waals surface area contributed by atoms with Crippen LogP contribution >= 0.6 is 11.8 Å². The summed E-state index contributed by atoms with van der Waals surface area (Å²) in [5.41, 5.74) is -2.73. The summed E-state index contributed by atoms with van der Waals surface area (Å²) in [4.78, 5) is 14.6. The Bertz CT molecular complexity index is 1180. The van der Waals surface area contributed by atoms with Crippen molar-refractivity contribution in [3.05, 3.63) is 53.9 Å². The quantitative estimate of drug-likeness (QED) is 0.504. The molecule has 14 heteroatoms. The number of alkyl halides is 6. The van der Waals surface area contributed by atoms with Crippen LogP contribution in [0.5, 0.6) is 5.75 Å². The lowest BCUT2D eigenvalue weighted by Crippen LogP contribution is -2.53. The molecule has 2 heterocycles. The number of hydrogen-bond donors (Lipinski definition) is 2. The van der Waals surface area contributed by atoms with Crippen molar-refractivity contribution in [1.82, 2.24) is 25.6 Å². The van der Waals surface area contributed by atoms with Crippen LogP contribution in [0, 0.1) is 6.92 Å².